The lowest BCUT2D eigenvalue weighted by atomic mass is 10.4. The maximum Gasteiger partial charge on any atom is 0.250 e. The SMILES string of the molecule is COn1cc2c(ccc(=O)n2C)n1. The van der Waals surface area contributed by atoms with Gasteiger partial charge in [0.05, 0.1) is 11.7 Å². The van der Waals surface area contributed by atoms with Crippen LogP contribution >= 0.6 is 0 Å². The van der Waals surface area contributed by atoms with E-state index in [0.717, 1.165) is 11.0 Å². The Labute approximate surface area is 74.1 Å². The van der Waals surface area contributed by atoms with Gasteiger partial charge in [0.1, 0.15) is 12.6 Å². The van der Waals surface area contributed by atoms with Crippen molar-refractivity contribution in [3.8, 4) is 0 Å². The average Bonchev–Trinajstić information content (AvgIpc) is 2.55. The predicted molar refractivity (Wildman–Crippen MR) is 47.5 cm³/mol. The molecule has 5 heteroatoms. The average molecular weight is 179 g/mol. The molecule has 0 aliphatic rings. The zero-order valence-corrected chi connectivity index (χ0v) is 7.39. The Morgan fingerprint density at radius 1 is 1.46 bits per heavy atom. The second-order valence-corrected chi connectivity index (χ2v) is 2.72. The molecule has 0 unspecified atom stereocenters. The molecule has 0 fully saturated rings. The zero-order valence-electron chi connectivity index (χ0n) is 7.39. The molecule has 2 aromatic rings. The molecule has 5 nitrogen and oxygen atoms in total. The smallest absolute Gasteiger partial charge is 0.250 e. The van der Waals surface area contributed by atoms with Crippen LogP contribution in [0.4, 0.5) is 0 Å². The maximum atomic E-state index is 11.2. The first-order valence-electron chi connectivity index (χ1n) is 3.82. The third kappa shape index (κ3) is 1.09. The number of hydrogen-bond acceptors (Lipinski definition) is 3. The summed E-state index contributed by atoms with van der Waals surface area (Å²) in [7, 11) is 3.22. The largest absolute Gasteiger partial charge is 0.400 e. The Hall–Kier alpha value is -1.78. The van der Waals surface area contributed by atoms with Gasteiger partial charge < -0.3 is 9.40 Å². The van der Waals surface area contributed by atoms with Gasteiger partial charge >= 0.3 is 0 Å². The topological polar surface area (TPSA) is 49.0 Å². The minimum Gasteiger partial charge on any atom is -0.400 e. The molecule has 0 saturated carbocycles. The van der Waals surface area contributed by atoms with Crippen LogP contribution in [-0.2, 0) is 7.05 Å². The van der Waals surface area contributed by atoms with Crippen molar-refractivity contribution in [1.82, 2.24) is 14.5 Å². The second-order valence-electron chi connectivity index (χ2n) is 2.72. The van der Waals surface area contributed by atoms with Crippen LogP contribution in [0.1, 0.15) is 0 Å². The van der Waals surface area contributed by atoms with E-state index >= 15 is 0 Å². The van der Waals surface area contributed by atoms with Crippen LogP contribution in [0.15, 0.2) is 23.1 Å². The third-order valence-electron chi connectivity index (χ3n) is 1.96. The van der Waals surface area contributed by atoms with Crippen molar-refractivity contribution in [3.05, 3.63) is 28.7 Å². The Morgan fingerprint density at radius 3 is 2.92 bits per heavy atom. The molecule has 2 heterocycles. The molecule has 0 aliphatic carbocycles. The number of pyridine rings is 1. The van der Waals surface area contributed by atoms with Crippen LogP contribution in [0.25, 0.3) is 11.0 Å². The molecule has 0 radical (unpaired) electrons. The highest BCUT2D eigenvalue weighted by Gasteiger charge is 2.03. The molecule has 68 valence electrons. The zero-order chi connectivity index (χ0) is 9.42. The molecule has 0 saturated heterocycles. The summed E-state index contributed by atoms with van der Waals surface area (Å²) in [5.41, 5.74) is 1.45. The first-order valence-corrected chi connectivity index (χ1v) is 3.82. The first kappa shape index (κ1) is 7.85. The van der Waals surface area contributed by atoms with E-state index in [1.165, 1.54) is 22.6 Å². The second kappa shape index (κ2) is 2.62. The lowest BCUT2D eigenvalue weighted by molar-refractivity contribution is 0.136. The summed E-state index contributed by atoms with van der Waals surface area (Å²) in [6, 6.07) is 3.16. The monoisotopic (exact) mass is 179 g/mol. The van der Waals surface area contributed by atoms with Crippen molar-refractivity contribution in [2.45, 2.75) is 0 Å². The molecule has 0 aromatic carbocycles. The van der Waals surface area contributed by atoms with E-state index in [4.69, 9.17) is 4.84 Å². The minimum atomic E-state index is -0.0526. The summed E-state index contributed by atoms with van der Waals surface area (Å²) in [5, 5.41) is 4.07. The lowest BCUT2D eigenvalue weighted by Gasteiger charge is -1.95. The molecule has 0 bridgehead atoms. The summed E-state index contributed by atoms with van der Waals surface area (Å²) < 4.78 is 1.53. The van der Waals surface area contributed by atoms with E-state index in [1.54, 1.807) is 19.3 Å². The molecular weight excluding hydrogens is 170 g/mol. The molecule has 2 aromatic heterocycles. The van der Waals surface area contributed by atoms with Gasteiger partial charge in [-0.1, -0.05) is 0 Å². The normalized spacial score (nSPS) is 10.6. The molecule has 2 rings (SSSR count). The van der Waals surface area contributed by atoms with Crippen LogP contribution in [0.3, 0.4) is 0 Å². The standard InChI is InChI=1S/C8H9N3O2/c1-10-7-5-11(13-2)9-6(7)3-4-8(10)12/h3-5H,1-2H3. The Bertz CT molecular complexity index is 498. The highest BCUT2D eigenvalue weighted by molar-refractivity contribution is 5.73. The van der Waals surface area contributed by atoms with Crippen molar-refractivity contribution in [2.75, 3.05) is 7.11 Å². The Morgan fingerprint density at radius 2 is 2.23 bits per heavy atom. The van der Waals surface area contributed by atoms with E-state index in [0.29, 0.717) is 0 Å². The highest BCUT2D eigenvalue weighted by Crippen LogP contribution is 2.06. The fraction of sp³-hybridized carbons (Fsp3) is 0.250. The van der Waals surface area contributed by atoms with E-state index in [2.05, 4.69) is 5.10 Å². The number of hydrogen-bond donors (Lipinski definition) is 0. The summed E-state index contributed by atoms with van der Waals surface area (Å²) in [6.07, 6.45) is 1.66. The van der Waals surface area contributed by atoms with Crippen molar-refractivity contribution < 1.29 is 4.84 Å². The number of rotatable bonds is 1. The van der Waals surface area contributed by atoms with Gasteiger partial charge in [-0.25, -0.2) is 0 Å². The number of fused-ring (bicyclic) bond motifs is 1. The maximum absolute atomic E-state index is 11.2. The summed E-state index contributed by atoms with van der Waals surface area (Å²) in [4.78, 5) is 17.4. The fourth-order valence-corrected chi connectivity index (χ4v) is 1.21. The van der Waals surface area contributed by atoms with Gasteiger partial charge in [-0.2, -0.15) is 0 Å². The fourth-order valence-electron chi connectivity index (χ4n) is 1.21. The van der Waals surface area contributed by atoms with Gasteiger partial charge in [0, 0.05) is 13.1 Å². The van der Waals surface area contributed by atoms with Crippen LogP contribution in [0.2, 0.25) is 0 Å². The van der Waals surface area contributed by atoms with Crippen LogP contribution < -0.4 is 10.4 Å². The molecule has 0 N–H and O–H groups in total. The molecule has 0 aliphatic heterocycles. The number of nitrogens with zero attached hydrogens (tertiary/aromatic N) is 3. The number of aromatic nitrogens is 3. The van der Waals surface area contributed by atoms with Gasteiger partial charge in [-0.15, -0.1) is 9.94 Å². The summed E-state index contributed by atoms with van der Waals surface area (Å²) >= 11 is 0. The molecular formula is C8H9N3O2. The molecule has 13 heavy (non-hydrogen) atoms. The highest BCUT2D eigenvalue weighted by atomic mass is 16.7. The van der Waals surface area contributed by atoms with Gasteiger partial charge in [0.25, 0.3) is 5.56 Å². The van der Waals surface area contributed by atoms with E-state index in [9.17, 15) is 4.79 Å². The van der Waals surface area contributed by atoms with E-state index in [1.807, 2.05) is 0 Å². The van der Waals surface area contributed by atoms with Crippen molar-refractivity contribution in [1.29, 1.82) is 0 Å². The summed E-state index contributed by atoms with van der Waals surface area (Å²) in [6.45, 7) is 0. The summed E-state index contributed by atoms with van der Waals surface area (Å²) in [5.74, 6) is 0. The van der Waals surface area contributed by atoms with Gasteiger partial charge in [-0.05, 0) is 6.07 Å². The molecule has 0 spiro atoms. The number of aryl methyl sites for hydroxylation is 1. The van der Waals surface area contributed by atoms with Crippen LogP contribution in [-0.4, -0.2) is 21.6 Å². The predicted octanol–water partition coefficient (Wildman–Crippen LogP) is -0.207. The molecule has 0 atom stereocenters. The van der Waals surface area contributed by atoms with Crippen LogP contribution in [0.5, 0.6) is 0 Å². The van der Waals surface area contributed by atoms with Crippen molar-refractivity contribution in [2.24, 2.45) is 7.05 Å². The first-order chi connectivity index (χ1) is 6.22. The van der Waals surface area contributed by atoms with Gasteiger partial charge in [-0.3, -0.25) is 4.79 Å². The van der Waals surface area contributed by atoms with Gasteiger partial charge in [0.2, 0.25) is 0 Å². The quantitative estimate of drug-likeness (QED) is 0.608. The van der Waals surface area contributed by atoms with Crippen molar-refractivity contribution in [3.63, 3.8) is 0 Å². The Kier molecular flexibility index (Phi) is 1.58. The van der Waals surface area contributed by atoms with Gasteiger partial charge in [0.15, 0.2) is 0 Å². The lowest BCUT2D eigenvalue weighted by Crippen LogP contribution is -2.14. The Balaban J connectivity index is 2.84. The van der Waals surface area contributed by atoms with E-state index in [-0.39, 0.29) is 5.56 Å². The third-order valence-corrected chi connectivity index (χ3v) is 1.96. The molecule has 0 amide bonds. The van der Waals surface area contributed by atoms with Crippen LogP contribution in [0, 0.1) is 0 Å². The van der Waals surface area contributed by atoms with Crippen molar-refractivity contribution >= 4 is 11.0 Å². The minimum absolute atomic E-state index is 0.0526. The van der Waals surface area contributed by atoms with E-state index < -0.39 is 0 Å².